The van der Waals surface area contributed by atoms with Gasteiger partial charge in [0.2, 0.25) is 5.91 Å². The molecule has 1 amide bonds. The van der Waals surface area contributed by atoms with Crippen molar-refractivity contribution in [2.75, 3.05) is 5.32 Å². The summed E-state index contributed by atoms with van der Waals surface area (Å²) in [4.78, 5) is 29.0. The van der Waals surface area contributed by atoms with Crippen molar-refractivity contribution in [3.05, 3.63) is 75.8 Å². The number of nitrogens with one attached hydrogen (secondary N) is 1. The molecule has 0 unspecified atom stereocenters. The average Bonchev–Trinajstić information content (AvgIpc) is 2.64. The molecule has 0 bridgehead atoms. The third-order valence-electron chi connectivity index (χ3n) is 4.58. The third-order valence-corrected chi connectivity index (χ3v) is 4.58. The van der Waals surface area contributed by atoms with Crippen LogP contribution in [-0.2, 0) is 4.79 Å². The zero-order valence-corrected chi connectivity index (χ0v) is 15.9. The van der Waals surface area contributed by atoms with Crippen molar-refractivity contribution in [2.24, 2.45) is 0 Å². The predicted molar refractivity (Wildman–Crippen MR) is 106 cm³/mol. The highest BCUT2D eigenvalue weighted by Crippen LogP contribution is 2.17. The Morgan fingerprint density at radius 1 is 1.04 bits per heavy atom. The van der Waals surface area contributed by atoms with Gasteiger partial charge in [-0.25, -0.2) is 9.48 Å². The van der Waals surface area contributed by atoms with Gasteiger partial charge in [0.1, 0.15) is 6.04 Å². The molecule has 138 valence electrons. The maximum absolute atomic E-state index is 12.5. The second-order valence-corrected chi connectivity index (χ2v) is 6.70. The van der Waals surface area contributed by atoms with Crippen LogP contribution in [0.3, 0.4) is 0 Å². The highest BCUT2D eigenvalue weighted by Gasteiger charge is 2.18. The molecule has 1 aromatic heterocycles. The lowest BCUT2D eigenvalue weighted by Crippen LogP contribution is -2.34. The van der Waals surface area contributed by atoms with Crippen molar-refractivity contribution < 1.29 is 4.79 Å². The molecule has 6 heteroatoms. The maximum Gasteiger partial charge on any atom is 0.365 e. The van der Waals surface area contributed by atoms with E-state index in [0.29, 0.717) is 11.4 Å². The maximum atomic E-state index is 12.5. The van der Waals surface area contributed by atoms with Crippen molar-refractivity contribution in [3.8, 4) is 11.3 Å². The standard InChI is InChI=1S/C21H22N4O2/c1-13-5-8-17(9-6-13)19-12-22-25(21(27)24-19)16(4)20(26)23-18-10-7-14(2)15(3)11-18/h5-12,16H,1-4H3,(H,23,26)/t16-/m0/s1. The Kier molecular flexibility index (Phi) is 5.16. The summed E-state index contributed by atoms with van der Waals surface area (Å²) in [6, 6.07) is 12.6. The first-order valence-corrected chi connectivity index (χ1v) is 8.76. The number of hydrogen-bond acceptors (Lipinski definition) is 4. The number of carbonyl (C=O) groups excluding carboxylic acids is 1. The van der Waals surface area contributed by atoms with E-state index < -0.39 is 11.7 Å². The fourth-order valence-corrected chi connectivity index (χ4v) is 2.66. The first kappa shape index (κ1) is 18.5. The second kappa shape index (κ2) is 7.53. The van der Waals surface area contributed by atoms with Gasteiger partial charge in [-0.05, 0) is 51.0 Å². The quantitative estimate of drug-likeness (QED) is 0.771. The molecule has 0 radical (unpaired) electrons. The van der Waals surface area contributed by atoms with E-state index in [9.17, 15) is 9.59 Å². The van der Waals surface area contributed by atoms with Crippen LogP contribution in [-0.4, -0.2) is 20.7 Å². The van der Waals surface area contributed by atoms with Crippen LogP contribution in [0.5, 0.6) is 0 Å². The van der Waals surface area contributed by atoms with Crippen LogP contribution in [0.1, 0.15) is 29.7 Å². The lowest BCUT2D eigenvalue weighted by Gasteiger charge is -2.14. The Labute approximate surface area is 157 Å². The van der Waals surface area contributed by atoms with Gasteiger partial charge in [-0.2, -0.15) is 10.1 Å². The zero-order valence-electron chi connectivity index (χ0n) is 15.9. The van der Waals surface area contributed by atoms with E-state index in [2.05, 4.69) is 15.4 Å². The van der Waals surface area contributed by atoms with Crippen LogP contribution in [0.4, 0.5) is 5.69 Å². The fraction of sp³-hybridized carbons (Fsp3) is 0.238. The molecule has 3 aromatic rings. The fourth-order valence-electron chi connectivity index (χ4n) is 2.66. The summed E-state index contributed by atoms with van der Waals surface area (Å²) in [5, 5.41) is 6.97. The van der Waals surface area contributed by atoms with E-state index >= 15 is 0 Å². The van der Waals surface area contributed by atoms with Crippen LogP contribution in [0.2, 0.25) is 0 Å². The van der Waals surface area contributed by atoms with E-state index in [-0.39, 0.29) is 5.91 Å². The summed E-state index contributed by atoms with van der Waals surface area (Å²) >= 11 is 0. The number of aromatic nitrogens is 3. The van der Waals surface area contributed by atoms with Crippen molar-refractivity contribution in [3.63, 3.8) is 0 Å². The number of benzene rings is 2. The third kappa shape index (κ3) is 4.11. The number of anilines is 1. The normalized spacial score (nSPS) is 11.9. The van der Waals surface area contributed by atoms with Gasteiger partial charge in [-0.3, -0.25) is 4.79 Å². The Morgan fingerprint density at radius 2 is 1.74 bits per heavy atom. The monoisotopic (exact) mass is 362 g/mol. The van der Waals surface area contributed by atoms with Crippen LogP contribution < -0.4 is 11.0 Å². The lowest BCUT2D eigenvalue weighted by atomic mass is 10.1. The van der Waals surface area contributed by atoms with Crippen molar-refractivity contribution >= 4 is 11.6 Å². The molecular formula is C21H22N4O2. The van der Waals surface area contributed by atoms with Gasteiger partial charge in [0.25, 0.3) is 0 Å². The van der Waals surface area contributed by atoms with E-state index in [1.54, 1.807) is 6.92 Å². The summed E-state index contributed by atoms with van der Waals surface area (Å²) in [7, 11) is 0. The molecule has 0 aliphatic rings. The summed E-state index contributed by atoms with van der Waals surface area (Å²) in [6.07, 6.45) is 1.51. The van der Waals surface area contributed by atoms with E-state index in [1.165, 1.54) is 6.20 Å². The van der Waals surface area contributed by atoms with Crippen LogP contribution in [0.25, 0.3) is 11.3 Å². The minimum atomic E-state index is -0.779. The average molecular weight is 362 g/mol. The molecule has 6 nitrogen and oxygen atoms in total. The molecule has 1 atom stereocenters. The lowest BCUT2D eigenvalue weighted by molar-refractivity contribution is -0.119. The Morgan fingerprint density at radius 3 is 2.37 bits per heavy atom. The van der Waals surface area contributed by atoms with Gasteiger partial charge in [0.15, 0.2) is 0 Å². The first-order valence-electron chi connectivity index (χ1n) is 8.76. The summed E-state index contributed by atoms with van der Waals surface area (Å²) < 4.78 is 1.09. The minimum absolute atomic E-state index is 0.322. The van der Waals surface area contributed by atoms with E-state index in [4.69, 9.17) is 0 Å². The molecule has 0 saturated carbocycles. The molecule has 2 aromatic carbocycles. The molecule has 0 spiro atoms. The number of aryl methyl sites for hydroxylation is 3. The number of hydrogen-bond donors (Lipinski definition) is 1. The topological polar surface area (TPSA) is 76.9 Å². The van der Waals surface area contributed by atoms with Crippen molar-refractivity contribution in [2.45, 2.75) is 33.7 Å². The molecule has 1 N–H and O–H groups in total. The Bertz CT molecular complexity index is 1040. The van der Waals surface area contributed by atoms with E-state index in [0.717, 1.165) is 26.9 Å². The smallest absolute Gasteiger partial charge is 0.324 e. The summed E-state index contributed by atoms with van der Waals surface area (Å²) in [6.45, 7) is 7.60. The zero-order chi connectivity index (χ0) is 19.6. The molecule has 0 fully saturated rings. The van der Waals surface area contributed by atoms with Crippen molar-refractivity contribution in [1.82, 2.24) is 14.8 Å². The molecule has 0 aliphatic carbocycles. The molecule has 27 heavy (non-hydrogen) atoms. The van der Waals surface area contributed by atoms with Gasteiger partial charge in [0, 0.05) is 11.3 Å². The molecular weight excluding hydrogens is 340 g/mol. The Hall–Kier alpha value is -3.28. The van der Waals surface area contributed by atoms with Gasteiger partial charge in [0.05, 0.1) is 11.9 Å². The largest absolute Gasteiger partial charge is 0.365 e. The minimum Gasteiger partial charge on any atom is -0.324 e. The number of rotatable bonds is 4. The number of nitrogens with zero attached hydrogens (tertiary/aromatic N) is 3. The van der Waals surface area contributed by atoms with Crippen LogP contribution in [0.15, 0.2) is 53.5 Å². The number of carbonyl (C=O) groups is 1. The highest BCUT2D eigenvalue weighted by molar-refractivity contribution is 5.93. The molecule has 0 aliphatic heterocycles. The van der Waals surface area contributed by atoms with Gasteiger partial charge in [-0.1, -0.05) is 35.9 Å². The van der Waals surface area contributed by atoms with Crippen molar-refractivity contribution in [1.29, 1.82) is 0 Å². The Balaban J connectivity index is 1.80. The highest BCUT2D eigenvalue weighted by atomic mass is 16.2. The van der Waals surface area contributed by atoms with Gasteiger partial charge < -0.3 is 5.32 Å². The van der Waals surface area contributed by atoms with E-state index in [1.807, 2.05) is 63.2 Å². The summed E-state index contributed by atoms with van der Waals surface area (Å²) in [5.74, 6) is -0.322. The number of amides is 1. The van der Waals surface area contributed by atoms with Gasteiger partial charge in [-0.15, -0.1) is 0 Å². The van der Waals surface area contributed by atoms with Crippen LogP contribution in [0, 0.1) is 20.8 Å². The predicted octanol–water partition coefficient (Wildman–Crippen LogP) is 3.43. The molecule has 0 saturated heterocycles. The van der Waals surface area contributed by atoms with Crippen LogP contribution >= 0.6 is 0 Å². The summed E-state index contributed by atoms with van der Waals surface area (Å²) in [5.41, 5.74) is 4.78. The molecule has 1 heterocycles. The molecule has 3 rings (SSSR count). The van der Waals surface area contributed by atoms with Gasteiger partial charge >= 0.3 is 5.69 Å². The first-order chi connectivity index (χ1) is 12.8. The SMILES string of the molecule is Cc1ccc(-c2cnn([C@@H](C)C(=O)Nc3ccc(C)c(C)c3)c(=O)n2)cc1. The second-order valence-electron chi connectivity index (χ2n) is 6.70.